The van der Waals surface area contributed by atoms with Gasteiger partial charge in [-0.1, -0.05) is 90.9 Å². The molecule has 0 aromatic rings. The Morgan fingerprint density at radius 2 is 1.39 bits per heavy atom. The maximum Gasteiger partial charge on any atom is 0.220 e. The van der Waals surface area contributed by atoms with Crippen molar-refractivity contribution in [1.82, 2.24) is 5.32 Å². The number of ether oxygens (including phenoxy) is 2. The molecule has 1 saturated heterocycles. The molecule has 214 valence electrons. The minimum Gasteiger partial charge on any atom is -0.394 e. The van der Waals surface area contributed by atoms with E-state index in [1.54, 1.807) is 0 Å². The van der Waals surface area contributed by atoms with Crippen LogP contribution < -0.4 is 5.32 Å². The number of rotatable bonds is 21. The number of nitrogens with one attached hydrogen (secondary N) is 1. The topological polar surface area (TPSA) is 149 Å². The average Bonchev–Trinajstić information content (AvgIpc) is 2.87. The number of aliphatic hydroxyl groups excluding tert-OH is 5. The Hall–Kier alpha value is -0.810. The van der Waals surface area contributed by atoms with Crippen LogP contribution in [-0.2, 0) is 14.3 Å². The van der Waals surface area contributed by atoms with E-state index in [4.69, 9.17) is 9.47 Å². The maximum absolute atomic E-state index is 12.5. The number of hydrogen-bond acceptors (Lipinski definition) is 8. The average molecular weight is 520 g/mol. The van der Waals surface area contributed by atoms with Crippen LogP contribution in [0.15, 0.2) is 0 Å². The molecule has 0 bridgehead atoms. The van der Waals surface area contributed by atoms with Gasteiger partial charge < -0.3 is 40.3 Å². The zero-order valence-corrected chi connectivity index (χ0v) is 22.5. The lowest BCUT2D eigenvalue weighted by molar-refractivity contribution is -0.302. The number of unbranched alkanes of at least 4 members (excludes halogenated alkanes) is 11. The molecule has 0 spiro atoms. The van der Waals surface area contributed by atoms with Crippen LogP contribution >= 0.6 is 0 Å². The van der Waals surface area contributed by atoms with Gasteiger partial charge in [0.15, 0.2) is 6.29 Å². The Morgan fingerprint density at radius 3 is 1.97 bits per heavy atom. The van der Waals surface area contributed by atoms with E-state index >= 15 is 0 Å². The van der Waals surface area contributed by atoms with E-state index in [1.807, 2.05) is 0 Å². The number of amides is 1. The van der Waals surface area contributed by atoms with E-state index in [9.17, 15) is 30.3 Å². The first-order chi connectivity index (χ1) is 17.3. The zero-order chi connectivity index (χ0) is 26.8. The summed E-state index contributed by atoms with van der Waals surface area (Å²) in [6.45, 7) is 3.65. The van der Waals surface area contributed by atoms with Crippen molar-refractivity contribution in [3.8, 4) is 0 Å². The first kappa shape index (κ1) is 33.2. The third-order valence-electron chi connectivity index (χ3n) is 6.96. The first-order valence-corrected chi connectivity index (χ1v) is 14.2. The van der Waals surface area contributed by atoms with Crippen molar-refractivity contribution in [3.05, 3.63) is 0 Å². The van der Waals surface area contributed by atoms with Gasteiger partial charge in [0.25, 0.3) is 0 Å². The quantitative estimate of drug-likeness (QED) is 0.127. The van der Waals surface area contributed by atoms with E-state index in [2.05, 4.69) is 19.2 Å². The third-order valence-corrected chi connectivity index (χ3v) is 6.96. The van der Waals surface area contributed by atoms with E-state index < -0.39 is 49.5 Å². The fraction of sp³-hybridized carbons (Fsp3) is 0.963. The van der Waals surface area contributed by atoms with Crippen molar-refractivity contribution in [2.45, 2.75) is 153 Å². The highest BCUT2D eigenvalue weighted by atomic mass is 16.7. The largest absolute Gasteiger partial charge is 0.394 e. The highest BCUT2D eigenvalue weighted by Gasteiger charge is 2.44. The Labute approximate surface area is 217 Å². The molecule has 9 heteroatoms. The molecule has 1 amide bonds. The molecule has 7 atom stereocenters. The van der Waals surface area contributed by atoms with Crippen LogP contribution in [0, 0.1) is 0 Å². The number of aliphatic hydroxyl groups is 5. The summed E-state index contributed by atoms with van der Waals surface area (Å²) in [6.07, 6.45) is 7.40. The third kappa shape index (κ3) is 13.1. The second-order valence-corrected chi connectivity index (χ2v) is 10.2. The van der Waals surface area contributed by atoms with Crippen LogP contribution in [-0.4, -0.2) is 87.5 Å². The molecule has 9 nitrogen and oxygen atoms in total. The summed E-state index contributed by atoms with van der Waals surface area (Å²) in [6, 6.07) is -0.704. The number of hydrogen-bond donors (Lipinski definition) is 6. The normalized spacial score (nSPS) is 26.0. The lowest BCUT2D eigenvalue weighted by Gasteiger charge is -2.40. The molecule has 0 aromatic carbocycles. The fourth-order valence-corrected chi connectivity index (χ4v) is 4.51. The zero-order valence-electron chi connectivity index (χ0n) is 22.5. The van der Waals surface area contributed by atoms with Gasteiger partial charge in [-0.25, -0.2) is 0 Å². The molecule has 1 aliphatic rings. The molecular weight excluding hydrogens is 466 g/mol. The summed E-state index contributed by atoms with van der Waals surface area (Å²) >= 11 is 0. The minimum atomic E-state index is -1.54. The highest BCUT2D eigenvalue weighted by molar-refractivity contribution is 5.76. The van der Waals surface area contributed by atoms with Gasteiger partial charge in [0.05, 0.1) is 25.4 Å². The summed E-state index contributed by atoms with van der Waals surface area (Å²) < 4.78 is 11.0. The molecule has 36 heavy (non-hydrogen) atoms. The molecule has 7 unspecified atom stereocenters. The van der Waals surface area contributed by atoms with Gasteiger partial charge in [0.1, 0.15) is 24.4 Å². The lowest BCUT2D eigenvalue weighted by atomic mass is 9.99. The Bertz CT molecular complexity index is 550. The van der Waals surface area contributed by atoms with E-state index in [0.29, 0.717) is 12.8 Å². The van der Waals surface area contributed by atoms with Gasteiger partial charge in [-0.15, -0.1) is 0 Å². The second-order valence-electron chi connectivity index (χ2n) is 10.2. The number of carbonyl (C=O) groups excluding carboxylic acids is 1. The molecule has 0 aromatic heterocycles. The molecule has 1 heterocycles. The van der Waals surface area contributed by atoms with E-state index in [1.165, 1.54) is 32.1 Å². The van der Waals surface area contributed by atoms with Crippen molar-refractivity contribution in [2.24, 2.45) is 0 Å². The molecular formula is C27H53NO8. The van der Waals surface area contributed by atoms with Crippen molar-refractivity contribution in [3.63, 3.8) is 0 Å². The van der Waals surface area contributed by atoms with Crippen LogP contribution in [0.2, 0.25) is 0 Å². The molecule has 0 aliphatic carbocycles. The molecule has 6 N–H and O–H groups in total. The van der Waals surface area contributed by atoms with Crippen LogP contribution in [0.1, 0.15) is 110 Å². The Kier molecular flexibility index (Phi) is 18.6. The smallest absolute Gasteiger partial charge is 0.220 e. The van der Waals surface area contributed by atoms with Gasteiger partial charge in [0, 0.05) is 6.42 Å². The molecule has 1 fully saturated rings. The molecule has 1 rings (SSSR count). The summed E-state index contributed by atoms with van der Waals surface area (Å²) in [7, 11) is 0. The second kappa shape index (κ2) is 20.2. The summed E-state index contributed by atoms with van der Waals surface area (Å²) in [5.41, 5.74) is 0. The summed E-state index contributed by atoms with van der Waals surface area (Å²) in [4.78, 5) is 12.5. The fourth-order valence-electron chi connectivity index (χ4n) is 4.51. The van der Waals surface area contributed by atoms with E-state index in [-0.39, 0.29) is 12.5 Å². The van der Waals surface area contributed by atoms with Crippen molar-refractivity contribution >= 4 is 5.91 Å². The van der Waals surface area contributed by atoms with Gasteiger partial charge in [-0.05, 0) is 12.8 Å². The predicted octanol–water partition coefficient (Wildman–Crippen LogP) is 2.54. The summed E-state index contributed by atoms with van der Waals surface area (Å²) in [5.74, 6) is -0.163. The van der Waals surface area contributed by atoms with Gasteiger partial charge in [0.2, 0.25) is 5.91 Å². The van der Waals surface area contributed by atoms with Crippen LogP contribution in [0.25, 0.3) is 0 Å². The molecule has 1 aliphatic heterocycles. The van der Waals surface area contributed by atoms with Crippen molar-refractivity contribution in [1.29, 1.82) is 0 Å². The van der Waals surface area contributed by atoms with Gasteiger partial charge in [-0.2, -0.15) is 0 Å². The predicted molar refractivity (Wildman–Crippen MR) is 138 cm³/mol. The van der Waals surface area contributed by atoms with Crippen LogP contribution in [0.3, 0.4) is 0 Å². The van der Waals surface area contributed by atoms with Gasteiger partial charge in [-0.3, -0.25) is 4.79 Å². The highest BCUT2D eigenvalue weighted by Crippen LogP contribution is 2.22. The lowest BCUT2D eigenvalue weighted by Crippen LogP contribution is -2.60. The summed E-state index contributed by atoms with van der Waals surface area (Å²) in [5, 5.41) is 53.2. The monoisotopic (exact) mass is 519 g/mol. The maximum atomic E-state index is 12.5. The van der Waals surface area contributed by atoms with E-state index in [0.717, 1.165) is 51.4 Å². The molecule has 0 saturated carbocycles. The van der Waals surface area contributed by atoms with Gasteiger partial charge >= 0.3 is 0 Å². The Morgan fingerprint density at radius 1 is 0.833 bits per heavy atom. The first-order valence-electron chi connectivity index (χ1n) is 14.2. The van der Waals surface area contributed by atoms with Crippen molar-refractivity contribution < 1.29 is 39.8 Å². The Balaban J connectivity index is 2.58. The SMILES string of the molecule is CCCCCCCCCCC(O)C(COC1OC(CO)C(O)C(O)C1O)NC(=O)CCCCCCC. The van der Waals surface area contributed by atoms with Crippen LogP contribution in [0.5, 0.6) is 0 Å². The molecule has 0 radical (unpaired) electrons. The van der Waals surface area contributed by atoms with Crippen LogP contribution in [0.4, 0.5) is 0 Å². The standard InChI is InChI=1S/C27H53NO8/c1-3-5-7-9-10-11-13-14-16-21(30)20(28-23(31)17-15-12-8-6-4-2)19-35-27-26(34)25(33)24(32)22(18-29)36-27/h20-22,24-27,29-30,32-34H,3-19H2,1-2H3,(H,28,31). The minimum absolute atomic E-state index is 0.136. The van der Waals surface area contributed by atoms with Crippen molar-refractivity contribution in [2.75, 3.05) is 13.2 Å². The number of carbonyl (C=O) groups is 1.